The Labute approximate surface area is 158 Å². The summed E-state index contributed by atoms with van der Waals surface area (Å²) in [5, 5.41) is 10.4. The summed E-state index contributed by atoms with van der Waals surface area (Å²) in [6.45, 7) is 2.10. The van der Waals surface area contributed by atoms with Gasteiger partial charge < -0.3 is 10.6 Å². The smallest absolute Gasteiger partial charge is 0.257 e. The largest absolute Gasteiger partial charge is 0.322 e. The molecule has 1 unspecified atom stereocenters. The second kappa shape index (κ2) is 8.12. The van der Waals surface area contributed by atoms with Crippen LogP contribution in [0.3, 0.4) is 0 Å². The van der Waals surface area contributed by atoms with E-state index >= 15 is 0 Å². The maximum atomic E-state index is 12.4. The summed E-state index contributed by atoms with van der Waals surface area (Å²) in [7, 11) is 0. The van der Waals surface area contributed by atoms with E-state index in [1.54, 1.807) is 29.2 Å². The molecule has 1 aromatic carbocycles. The molecule has 0 bridgehead atoms. The summed E-state index contributed by atoms with van der Waals surface area (Å²) in [4.78, 5) is 16.7. The molecule has 134 valence electrons. The lowest BCUT2D eigenvalue weighted by Crippen LogP contribution is -2.13. The highest BCUT2D eigenvalue weighted by atomic mass is 35.5. The summed E-state index contributed by atoms with van der Waals surface area (Å²) in [6, 6.07) is 13.4. The van der Waals surface area contributed by atoms with Crippen LogP contribution in [-0.4, -0.2) is 33.8 Å². The maximum absolute atomic E-state index is 12.4. The van der Waals surface area contributed by atoms with Gasteiger partial charge in [-0.1, -0.05) is 12.1 Å². The minimum atomic E-state index is -0.171. The van der Waals surface area contributed by atoms with Crippen LogP contribution in [0.5, 0.6) is 0 Å². The summed E-state index contributed by atoms with van der Waals surface area (Å²) >= 11 is 0. The first-order valence-corrected chi connectivity index (χ1v) is 8.38. The number of carbonyl (C=O) groups excluding carboxylic acids is 1. The van der Waals surface area contributed by atoms with Crippen molar-refractivity contribution < 1.29 is 4.79 Å². The first-order chi connectivity index (χ1) is 12.3. The van der Waals surface area contributed by atoms with Crippen molar-refractivity contribution in [2.24, 2.45) is 0 Å². The summed E-state index contributed by atoms with van der Waals surface area (Å²) in [5.41, 5.74) is 2.61. The van der Waals surface area contributed by atoms with E-state index in [1.807, 2.05) is 24.4 Å². The van der Waals surface area contributed by atoms with E-state index < -0.39 is 0 Å². The third-order valence-corrected chi connectivity index (χ3v) is 4.45. The highest BCUT2D eigenvalue weighted by molar-refractivity contribution is 6.04. The van der Waals surface area contributed by atoms with Gasteiger partial charge in [-0.05, 0) is 54.8 Å². The molecule has 1 aliphatic heterocycles. The van der Waals surface area contributed by atoms with Gasteiger partial charge in [0.1, 0.15) is 0 Å². The average molecular weight is 370 g/mol. The summed E-state index contributed by atoms with van der Waals surface area (Å²) in [5.74, 6) is 1.08. The van der Waals surface area contributed by atoms with E-state index in [9.17, 15) is 4.79 Å². The number of nitrogens with zero attached hydrogens (tertiary/aromatic N) is 3. The Morgan fingerprint density at radius 3 is 2.65 bits per heavy atom. The molecule has 3 heterocycles. The van der Waals surface area contributed by atoms with Gasteiger partial charge in [0, 0.05) is 30.8 Å². The van der Waals surface area contributed by atoms with E-state index in [0.717, 1.165) is 18.8 Å². The fourth-order valence-electron chi connectivity index (χ4n) is 3.04. The van der Waals surface area contributed by atoms with E-state index in [-0.39, 0.29) is 18.3 Å². The average Bonchev–Trinajstić information content (AvgIpc) is 3.36. The van der Waals surface area contributed by atoms with Crippen LogP contribution in [0.2, 0.25) is 0 Å². The first-order valence-electron chi connectivity index (χ1n) is 8.38. The molecule has 1 amide bonds. The number of rotatable bonds is 4. The molecule has 2 aromatic heterocycles. The second-order valence-electron chi connectivity index (χ2n) is 6.12. The lowest BCUT2D eigenvalue weighted by atomic mass is 9.98. The molecule has 3 aromatic rings. The molecule has 6 nitrogen and oxygen atoms in total. The van der Waals surface area contributed by atoms with E-state index in [2.05, 4.69) is 32.8 Å². The minimum Gasteiger partial charge on any atom is -0.322 e. The molecule has 4 rings (SSSR count). The van der Waals surface area contributed by atoms with Crippen molar-refractivity contribution >= 4 is 24.0 Å². The van der Waals surface area contributed by atoms with Gasteiger partial charge in [-0.25, -0.2) is 9.67 Å². The zero-order chi connectivity index (χ0) is 17.1. The number of halogens is 1. The van der Waals surface area contributed by atoms with Crippen molar-refractivity contribution in [1.29, 1.82) is 0 Å². The van der Waals surface area contributed by atoms with Crippen molar-refractivity contribution in [3.63, 3.8) is 0 Å². The molecule has 1 atom stereocenters. The molecule has 1 saturated heterocycles. The quantitative estimate of drug-likeness (QED) is 0.741. The van der Waals surface area contributed by atoms with Crippen molar-refractivity contribution in [2.75, 3.05) is 18.4 Å². The van der Waals surface area contributed by atoms with Crippen LogP contribution in [0.25, 0.3) is 5.82 Å². The molecule has 7 heteroatoms. The predicted octanol–water partition coefficient (Wildman–Crippen LogP) is 3.02. The molecular formula is C19H20ClN5O. The number of hydrogen-bond donors (Lipinski definition) is 2. The number of benzene rings is 1. The summed E-state index contributed by atoms with van der Waals surface area (Å²) < 4.78 is 1.65. The lowest BCUT2D eigenvalue weighted by Gasteiger charge is -2.10. The topological polar surface area (TPSA) is 71.8 Å². The lowest BCUT2D eigenvalue weighted by molar-refractivity contribution is 0.102. The highest BCUT2D eigenvalue weighted by Gasteiger charge is 2.16. The minimum absolute atomic E-state index is 0. The van der Waals surface area contributed by atoms with Crippen LogP contribution in [-0.2, 0) is 0 Å². The zero-order valence-electron chi connectivity index (χ0n) is 14.1. The van der Waals surface area contributed by atoms with Crippen LogP contribution < -0.4 is 10.6 Å². The highest BCUT2D eigenvalue weighted by Crippen LogP contribution is 2.23. The fraction of sp³-hybridized carbons (Fsp3) is 0.211. The van der Waals surface area contributed by atoms with E-state index in [4.69, 9.17) is 0 Å². The van der Waals surface area contributed by atoms with Crippen LogP contribution in [0.1, 0.15) is 28.3 Å². The molecule has 2 N–H and O–H groups in total. The van der Waals surface area contributed by atoms with Gasteiger partial charge in [0.25, 0.3) is 5.91 Å². The number of nitrogens with one attached hydrogen (secondary N) is 2. The van der Waals surface area contributed by atoms with Crippen molar-refractivity contribution in [2.45, 2.75) is 12.3 Å². The normalized spacial score (nSPS) is 16.1. The Balaban J connectivity index is 0.00000196. The third-order valence-electron chi connectivity index (χ3n) is 4.45. The Hall–Kier alpha value is -2.70. The number of aromatic nitrogens is 3. The molecule has 0 aliphatic carbocycles. The molecule has 1 aliphatic rings. The third kappa shape index (κ3) is 3.92. The van der Waals surface area contributed by atoms with Crippen LogP contribution in [0.4, 0.5) is 5.69 Å². The maximum Gasteiger partial charge on any atom is 0.257 e. The number of pyridine rings is 1. The Kier molecular flexibility index (Phi) is 5.65. The van der Waals surface area contributed by atoms with E-state index in [1.165, 1.54) is 12.0 Å². The molecule has 0 saturated carbocycles. The summed E-state index contributed by atoms with van der Waals surface area (Å²) in [6.07, 6.45) is 6.22. The van der Waals surface area contributed by atoms with Crippen molar-refractivity contribution in [3.05, 3.63) is 72.2 Å². The first kappa shape index (κ1) is 18.1. The van der Waals surface area contributed by atoms with Gasteiger partial charge in [-0.15, -0.1) is 12.4 Å². The Bertz CT molecular complexity index is 841. The standard InChI is InChI=1S/C19H19N5O.ClH/c25-19(16-4-7-18(21-13-16)24-11-1-9-22-24)23-17-5-2-14(3-6-17)15-8-10-20-12-15;/h1-7,9,11,13,15,20H,8,10,12H2,(H,23,25);1H. The predicted molar refractivity (Wildman–Crippen MR) is 103 cm³/mol. The monoisotopic (exact) mass is 369 g/mol. The van der Waals surface area contributed by atoms with E-state index in [0.29, 0.717) is 17.3 Å². The van der Waals surface area contributed by atoms with Gasteiger partial charge in [0.2, 0.25) is 0 Å². The Morgan fingerprint density at radius 1 is 1.19 bits per heavy atom. The van der Waals surface area contributed by atoms with Gasteiger partial charge in [0.15, 0.2) is 5.82 Å². The molecule has 0 radical (unpaired) electrons. The van der Waals surface area contributed by atoms with Crippen molar-refractivity contribution in [3.8, 4) is 5.82 Å². The fourth-order valence-corrected chi connectivity index (χ4v) is 3.04. The van der Waals surface area contributed by atoms with Crippen LogP contribution >= 0.6 is 12.4 Å². The van der Waals surface area contributed by atoms with Gasteiger partial charge in [-0.2, -0.15) is 5.10 Å². The van der Waals surface area contributed by atoms with Crippen molar-refractivity contribution in [1.82, 2.24) is 20.1 Å². The molecular weight excluding hydrogens is 350 g/mol. The molecule has 1 fully saturated rings. The number of amides is 1. The SMILES string of the molecule is Cl.O=C(Nc1ccc(C2CCNC2)cc1)c1ccc(-n2cccn2)nc1. The van der Waals surface area contributed by atoms with Gasteiger partial charge in [-0.3, -0.25) is 4.79 Å². The Morgan fingerprint density at radius 2 is 2.04 bits per heavy atom. The molecule has 26 heavy (non-hydrogen) atoms. The molecule has 0 spiro atoms. The van der Waals surface area contributed by atoms with Crippen LogP contribution in [0.15, 0.2) is 61.1 Å². The second-order valence-corrected chi connectivity index (χ2v) is 6.12. The van der Waals surface area contributed by atoms with Gasteiger partial charge in [0.05, 0.1) is 5.56 Å². The number of hydrogen-bond acceptors (Lipinski definition) is 4. The number of carbonyl (C=O) groups is 1. The van der Waals surface area contributed by atoms with Crippen LogP contribution in [0, 0.1) is 0 Å². The number of anilines is 1. The van der Waals surface area contributed by atoms with Gasteiger partial charge >= 0.3 is 0 Å². The zero-order valence-corrected chi connectivity index (χ0v) is 14.9.